The lowest BCUT2D eigenvalue weighted by Crippen LogP contribution is -2.34. The van der Waals surface area contributed by atoms with Gasteiger partial charge in [0.1, 0.15) is 12.1 Å². The van der Waals surface area contributed by atoms with Crippen LogP contribution in [-0.4, -0.2) is 42.7 Å². The Labute approximate surface area is 227 Å². The van der Waals surface area contributed by atoms with Crippen molar-refractivity contribution < 1.29 is 18.7 Å². The number of nitrogens with one attached hydrogen (secondary N) is 2. The first-order chi connectivity index (χ1) is 18.8. The van der Waals surface area contributed by atoms with Crippen LogP contribution in [0.1, 0.15) is 32.3 Å². The fourth-order valence-corrected chi connectivity index (χ4v) is 4.82. The van der Waals surface area contributed by atoms with E-state index in [2.05, 4.69) is 20.6 Å². The number of rotatable bonds is 8. The number of piperidine rings is 1. The summed E-state index contributed by atoms with van der Waals surface area (Å²) in [4.78, 5) is 22.1. The number of benzene rings is 3. The van der Waals surface area contributed by atoms with Gasteiger partial charge >= 0.3 is 0 Å². The van der Waals surface area contributed by atoms with Gasteiger partial charge in [0, 0.05) is 22.7 Å². The van der Waals surface area contributed by atoms with Gasteiger partial charge in [0.15, 0.2) is 11.5 Å². The topological polar surface area (TPSA) is 85.4 Å². The van der Waals surface area contributed by atoms with Gasteiger partial charge in [0.2, 0.25) is 5.91 Å². The quantitative estimate of drug-likeness (QED) is 0.303. The predicted molar refractivity (Wildman–Crippen MR) is 151 cm³/mol. The van der Waals surface area contributed by atoms with Gasteiger partial charge in [0.05, 0.1) is 30.3 Å². The Hall–Kier alpha value is -4.04. The number of anilines is 1. The first-order valence-corrected chi connectivity index (χ1v) is 13.2. The van der Waals surface area contributed by atoms with E-state index in [9.17, 15) is 9.18 Å². The second kappa shape index (κ2) is 11.4. The number of hydrogen-bond acceptors (Lipinski definition) is 6. The lowest BCUT2D eigenvalue weighted by atomic mass is 9.83. The van der Waals surface area contributed by atoms with Gasteiger partial charge in [0.25, 0.3) is 0 Å². The SMILES string of the molecule is COc1cc2c(-c3ccc(NC(=O)C(C)(C)c4ccc(F)cc4)cc3)ncnc2cc1OCC1CCNCC1. The number of halogens is 1. The van der Waals surface area contributed by atoms with Crippen molar-refractivity contribution in [2.45, 2.75) is 32.1 Å². The largest absolute Gasteiger partial charge is 0.493 e. The van der Waals surface area contributed by atoms with E-state index in [1.165, 1.54) is 12.1 Å². The molecule has 1 fully saturated rings. The maximum absolute atomic E-state index is 13.3. The molecule has 2 N–H and O–H groups in total. The lowest BCUT2D eigenvalue weighted by molar-refractivity contribution is -0.120. The van der Waals surface area contributed by atoms with Crippen LogP contribution in [0.3, 0.4) is 0 Å². The van der Waals surface area contributed by atoms with Crippen LogP contribution < -0.4 is 20.1 Å². The van der Waals surface area contributed by atoms with E-state index in [4.69, 9.17) is 9.47 Å². The van der Waals surface area contributed by atoms with E-state index in [1.807, 2.05) is 50.2 Å². The zero-order chi connectivity index (χ0) is 27.4. The normalized spacial score (nSPS) is 14.3. The molecule has 3 aromatic carbocycles. The Morgan fingerprint density at radius 2 is 1.74 bits per heavy atom. The molecule has 0 saturated carbocycles. The van der Waals surface area contributed by atoms with Gasteiger partial charge in [-0.3, -0.25) is 4.79 Å². The lowest BCUT2D eigenvalue weighted by Gasteiger charge is -2.24. The second-order valence-electron chi connectivity index (χ2n) is 10.4. The van der Waals surface area contributed by atoms with Crippen molar-refractivity contribution in [3.8, 4) is 22.8 Å². The molecule has 0 spiro atoms. The van der Waals surface area contributed by atoms with Crippen LogP contribution in [0.15, 0.2) is 67.0 Å². The number of carbonyl (C=O) groups excluding carboxylic acids is 1. The number of nitrogens with zero attached hydrogens (tertiary/aromatic N) is 2. The van der Waals surface area contributed by atoms with Crippen molar-refractivity contribution in [2.24, 2.45) is 5.92 Å². The molecule has 39 heavy (non-hydrogen) atoms. The van der Waals surface area contributed by atoms with Crippen molar-refractivity contribution in [3.05, 3.63) is 78.4 Å². The van der Waals surface area contributed by atoms with Crippen molar-refractivity contribution in [2.75, 3.05) is 32.1 Å². The molecule has 4 aromatic rings. The molecule has 1 saturated heterocycles. The zero-order valence-corrected chi connectivity index (χ0v) is 22.5. The number of carbonyl (C=O) groups is 1. The zero-order valence-electron chi connectivity index (χ0n) is 22.5. The minimum atomic E-state index is -0.834. The van der Waals surface area contributed by atoms with Crippen LogP contribution in [0.5, 0.6) is 11.5 Å². The number of fused-ring (bicyclic) bond motifs is 1. The van der Waals surface area contributed by atoms with Crippen LogP contribution >= 0.6 is 0 Å². The molecule has 0 bridgehead atoms. The molecule has 7 nitrogen and oxygen atoms in total. The Morgan fingerprint density at radius 1 is 1.03 bits per heavy atom. The molecule has 1 aromatic heterocycles. The van der Waals surface area contributed by atoms with Gasteiger partial charge in [-0.1, -0.05) is 24.3 Å². The number of amides is 1. The average molecular weight is 529 g/mol. The van der Waals surface area contributed by atoms with Crippen molar-refractivity contribution in [1.82, 2.24) is 15.3 Å². The highest BCUT2D eigenvalue weighted by atomic mass is 19.1. The molecule has 8 heteroatoms. The van der Waals surface area contributed by atoms with Crippen molar-refractivity contribution in [3.63, 3.8) is 0 Å². The summed E-state index contributed by atoms with van der Waals surface area (Å²) in [6.45, 7) is 6.32. The summed E-state index contributed by atoms with van der Waals surface area (Å²) in [6.07, 6.45) is 3.74. The number of hydrogen-bond donors (Lipinski definition) is 2. The maximum atomic E-state index is 13.3. The standard InChI is InChI=1S/C31H33FN4O3/c1-31(2,22-6-8-23(32)9-7-22)30(37)36-24-10-4-21(5-11-24)29-25-16-27(38-3)28(17-26(25)34-19-35-29)39-18-20-12-14-33-15-13-20/h4-11,16-17,19-20,33H,12-15,18H2,1-3H3,(H,36,37). The van der Waals surface area contributed by atoms with Crippen LogP contribution in [0.2, 0.25) is 0 Å². The molecule has 0 unspecified atom stereocenters. The summed E-state index contributed by atoms with van der Waals surface area (Å²) in [5, 5.41) is 7.20. The van der Waals surface area contributed by atoms with E-state index < -0.39 is 5.41 Å². The fraction of sp³-hybridized carbons (Fsp3) is 0.323. The summed E-state index contributed by atoms with van der Waals surface area (Å²) >= 11 is 0. The Balaban J connectivity index is 1.35. The van der Waals surface area contributed by atoms with E-state index >= 15 is 0 Å². The smallest absolute Gasteiger partial charge is 0.234 e. The van der Waals surface area contributed by atoms with Gasteiger partial charge in [-0.25, -0.2) is 14.4 Å². The van der Waals surface area contributed by atoms with Crippen molar-refractivity contribution >= 4 is 22.5 Å². The molecule has 1 amide bonds. The first-order valence-electron chi connectivity index (χ1n) is 13.2. The van der Waals surface area contributed by atoms with E-state index in [1.54, 1.807) is 25.6 Å². The predicted octanol–water partition coefficient (Wildman–Crippen LogP) is 5.74. The summed E-state index contributed by atoms with van der Waals surface area (Å²) in [7, 11) is 1.63. The fourth-order valence-electron chi connectivity index (χ4n) is 4.82. The number of ether oxygens (including phenoxy) is 2. The van der Waals surface area contributed by atoms with Crippen LogP contribution in [0, 0.1) is 11.7 Å². The van der Waals surface area contributed by atoms with Gasteiger partial charge in [-0.15, -0.1) is 0 Å². The average Bonchev–Trinajstić information content (AvgIpc) is 2.96. The van der Waals surface area contributed by atoms with Gasteiger partial charge < -0.3 is 20.1 Å². The summed E-state index contributed by atoms with van der Waals surface area (Å²) in [5.74, 6) is 1.32. The van der Waals surface area contributed by atoms with Gasteiger partial charge in [-0.2, -0.15) is 0 Å². The van der Waals surface area contributed by atoms with Crippen LogP contribution in [0.4, 0.5) is 10.1 Å². The van der Waals surface area contributed by atoms with Crippen LogP contribution in [-0.2, 0) is 10.2 Å². The molecule has 202 valence electrons. The third kappa shape index (κ3) is 5.86. The number of methoxy groups -OCH3 is 1. The Bertz CT molecular complexity index is 1450. The van der Waals surface area contributed by atoms with E-state index in [0.29, 0.717) is 29.7 Å². The second-order valence-corrected chi connectivity index (χ2v) is 10.4. The van der Waals surface area contributed by atoms with E-state index in [-0.39, 0.29) is 11.7 Å². The maximum Gasteiger partial charge on any atom is 0.234 e. The monoisotopic (exact) mass is 528 g/mol. The minimum absolute atomic E-state index is 0.184. The molecular weight excluding hydrogens is 495 g/mol. The molecule has 2 heterocycles. The molecule has 1 aliphatic rings. The highest BCUT2D eigenvalue weighted by Crippen LogP contribution is 2.36. The molecule has 0 atom stereocenters. The summed E-state index contributed by atoms with van der Waals surface area (Å²) in [6, 6.07) is 17.3. The Kier molecular flexibility index (Phi) is 7.74. The molecule has 1 aliphatic heterocycles. The molecule has 0 radical (unpaired) electrons. The Morgan fingerprint density at radius 3 is 2.44 bits per heavy atom. The molecule has 5 rings (SSSR count). The first kappa shape index (κ1) is 26.6. The van der Waals surface area contributed by atoms with E-state index in [0.717, 1.165) is 53.7 Å². The highest BCUT2D eigenvalue weighted by Gasteiger charge is 2.30. The summed E-state index contributed by atoms with van der Waals surface area (Å²) < 4.78 is 25.2. The van der Waals surface area contributed by atoms with Crippen LogP contribution in [0.25, 0.3) is 22.2 Å². The minimum Gasteiger partial charge on any atom is -0.493 e. The highest BCUT2D eigenvalue weighted by molar-refractivity contribution is 5.99. The van der Waals surface area contributed by atoms with Gasteiger partial charge in [-0.05, 0) is 81.6 Å². The third-order valence-electron chi connectivity index (χ3n) is 7.40. The van der Waals surface area contributed by atoms with Crippen molar-refractivity contribution in [1.29, 1.82) is 0 Å². The third-order valence-corrected chi connectivity index (χ3v) is 7.40. The molecular formula is C31H33FN4O3. The molecule has 0 aliphatic carbocycles. The summed E-state index contributed by atoms with van der Waals surface area (Å²) in [5.41, 5.74) is 2.96. The number of aromatic nitrogens is 2.